The van der Waals surface area contributed by atoms with Crippen LogP contribution in [0.4, 0.5) is 11.4 Å². The van der Waals surface area contributed by atoms with Crippen LogP contribution in [0.2, 0.25) is 0 Å². The normalized spacial score (nSPS) is 11.7. The molecule has 0 aromatic heterocycles. The molecule has 154 valence electrons. The molecule has 0 unspecified atom stereocenters. The van der Waals surface area contributed by atoms with Crippen molar-refractivity contribution >= 4 is 17.3 Å². The summed E-state index contributed by atoms with van der Waals surface area (Å²) in [5.74, 6) is 0.0198. The first kappa shape index (κ1) is 21.0. The first-order chi connectivity index (χ1) is 14.5. The van der Waals surface area contributed by atoms with E-state index in [9.17, 15) is 14.9 Å². The largest absolute Gasteiger partial charge is 0.494 e. The number of amides is 1. The van der Waals surface area contributed by atoms with Crippen LogP contribution in [0.5, 0.6) is 5.75 Å². The molecule has 0 radical (unpaired) electrons. The molecule has 7 heteroatoms. The average Bonchev–Trinajstić information content (AvgIpc) is 2.78. The first-order valence-electron chi connectivity index (χ1n) is 9.57. The summed E-state index contributed by atoms with van der Waals surface area (Å²) in [7, 11) is 1.41. The molecule has 30 heavy (non-hydrogen) atoms. The van der Waals surface area contributed by atoms with Crippen LogP contribution in [0.15, 0.2) is 78.9 Å². The van der Waals surface area contributed by atoms with Crippen LogP contribution in [-0.2, 0) is 4.79 Å². The van der Waals surface area contributed by atoms with Crippen molar-refractivity contribution in [1.29, 1.82) is 0 Å². The molecular weight excluding hydrogens is 382 g/mol. The number of nitrogens with two attached hydrogens (primary N) is 1. The van der Waals surface area contributed by atoms with Gasteiger partial charge in [0.25, 0.3) is 11.6 Å². The number of benzene rings is 3. The fourth-order valence-electron chi connectivity index (χ4n) is 3.25. The molecule has 3 N–H and O–H groups in total. The minimum absolute atomic E-state index is 0.0492. The monoisotopic (exact) mass is 406 g/mol. The second-order valence-corrected chi connectivity index (χ2v) is 6.91. The van der Waals surface area contributed by atoms with E-state index in [0.717, 1.165) is 11.1 Å². The van der Waals surface area contributed by atoms with Crippen molar-refractivity contribution in [3.63, 3.8) is 0 Å². The van der Waals surface area contributed by atoms with E-state index in [4.69, 9.17) is 4.74 Å². The summed E-state index contributed by atoms with van der Waals surface area (Å²) < 4.78 is 5.21. The molecule has 3 aromatic rings. The van der Waals surface area contributed by atoms with E-state index < -0.39 is 11.0 Å². The molecule has 0 fully saturated rings. The molecular formula is C23H24N3O4+. The van der Waals surface area contributed by atoms with E-state index in [1.807, 2.05) is 72.9 Å². The van der Waals surface area contributed by atoms with Crippen LogP contribution < -0.4 is 15.4 Å². The van der Waals surface area contributed by atoms with Gasteiger partial charge < -0.3 is 15.4 Å². The minimum Gasteiger partial charge on any atom is -0.494 e. The highest BCUT2D eigenvalue weighted by molar-refractivity contribution is 5.95. The van der Waals surface area contributed by atoms with Gasteiger partial charge in [-0.05, 0) is 13.0 Å². The topological polar surface area (TPSA) is 98.1 Å². The summed E-state index contributed by atoms with van der Waals surface area (Å²) in [5.41, 5.74) is 2.48. The van der Waals surface area contributed by atoms with Crippen molar-refractivity contribution in [3.8, 4) is 5.75 Å². The van der Waals surface area contributed by atoms with Crippen LogP contribution >= 0.6 is 0 Å². The molecule has 1 amide bonds. The molecule has 3 aromatic carbocycles. The molecule has 7 nitrogen and oxygen atoms in total. The Morgan fingerprint density at radius 3 is 2.07 bits per heavy atom. The molecule has 0 aliphatic heterocycles. The fraction of sp³-hybridized carbons (Fsp3) is 0.174. The van der Waals surface area contributed by atoms with Gasteiger partial charge in [-0.1, -0.05) is 60.7 Å². The van der Waals surface area contributed by atoms with Crippen LogP contribution in [0.25, 0.3) is 0 Å². The maximum Gasteiger partial charge on any atom is 0.282 e. The van der Waals surface area contributed by atoms with Gasteiger partial charge in [0.1, 0.15) is 11.8 Å². The van der Waals surface area contributed by atoms with Gasteiger partial charge in [-0.2, -0.15) is 0 Å². The Labute approximate surface area is 174 Å². The molecule has 3 rings (SSSR count). The summed E-state index contributed by atoms with van der Waals surface area (Å²) >= 11 is 0. The molecule has 0 aliphatic carbocycles. The number of nitrogens with one attached hydrogen (secondary N) is 1. The van der Waals surface area contributed by atoms with Crippen molar-refractivity contribution in [2.24, 2.45) is 0 Å². The Morgan fingerprint density at radius 1 is 1.00 bits per heavy atom. The number of ether oxygens (including phenoxy) is 1. The number of carbonyl (C=O) groups excluding carboxylic acids is 1. The van der Waals surface area contributed by atoms with Gasteiger partial charge >= 0.3 is 0 Å². The number of non-ortho nitro benzene ring substituents is 1. The van der Waals surface area contributed by atoms with Gasteiger partial charge in [0.2, 0.25) is 0 Å². The van der Waals surface area contributed by atoms with E-state index in [0.29, 0.717) is 5.69 Å². The lowest BCUT2D eigenvalue weighted by Gasteiger charge is -2.21. The molecule has 0 heterocycles. The predicted octanol–water partition coefficient (Wildman–Crippen LogP) is 3.28. The zero-order valence-electron chi connectivity index (χ0n) is 16.8. The van der Waals surface area contributed by atoms with Crippen LogP contribution in [-0.4, -0.2) is 24.0 Å². The number of anilines is 1. The van der Waals surface area contributed by atoms with Crippen molar-refractivity contribution in [2.75, 3.05) is 12.4 Å². The van der Waals surface area contributed by atoms with Crippen LogP contribution in [0.3, 0.4) is 0 Å². The number of rotatable bonds is 8. The van der Waals surface area contributed by atoms with Crippen molar-refractivity contribution in [2.45, 2.75) is 19.0 Å². The van der Waals surface area contributed by atoms with Gasteiger partial charge in [-0.15, -0.1) is 0 Å². The number of nitro groups is 1. The average molecular weight is 406 g/mol. The third-order valence-corrected chi connectivity index (χ3v) is 4.87. The quantitative estimate of drug-likeness (QED) is 0.443. The third kappa shape index (κ3) is 5.01. The van der Waals surface area contributed by atoms with Crippen LogP contribution in [0.1, 0.15) is 24.1 Å². The van der Waals surface area contributed by atoms with E-state index in [1.54, 1.807) is 0 Å². The predicted molar refractivity (Wildman–Crippen MR) is 114 cm³/mol. The number of methoxy groups -OCH3 is 1. The first-order valence-corrected chi connectivity index (χ1v) is 9.57. The van der Waals surface area contributed by atoms with E-state index in [1.165, 1.54) is 25.3 Å². The molecule has 0 saturated carbocycles. The highest BCUT2D eigenvalue weighted by Crippen LogP contribution is 2.29. The second kappa shape index (κ2) is 9.67. The molecule has 1 atom stereocenters. The fourth-order valence-corrected chi connectivity index (χ4v) is 3.25. The minimum atomic E-state index is -0.505. The Morgan fingerprint density at radius 2 is 1.57 bits per heavy atom. The highest BCUT2D eigenvalue weighted by atomic mass is 16.6. The highest BCUT2D eigenvalue weighted by Gasteiger charge is 2.25. The number of quaternary nitrogens is 1. The summed E-state index contributed by atoms with van der Waals surface area (Å²) in [4.78, 5) is 23.3. The van der Waals surface area contributed by atoms with E-state index >= 15 is 0 Å². The number of nitro benzene ring substituents is 1. The molecule has 0 bridgehead atoms. The molecule has 0 saturated heterocycles. The maximum atomic E-state index is 12.9. The zero-order chi connectivity index (χ0) is 21.5. The Bertz CT molecular complexity index is 970. The zero-order valence-corrected chi connectivity index (χ0v) is 16.8. The van der Waals surface area contributed by atoms with Crippen LogP contribution in [0, 0.1) is 10.1 Å². The maximum absolute atomic E-state index is 12.9. The Balaban J connectivity index is 1.79. The molecule has 0 spiro atoms. The van der Waals surface area contributed by atoms with Gasteiger partial charge in [-0.25, -0.2) is 0 Å². The number of carbonyl (C=O) groups is 1. The van der Waals surface area contributed by atoms with Gasteiger partial charge in [0, 0.05) is 17.2 Å². The lowest BCUT2D eigenvalue weighted by Crippen LogP contribution is -2.92. The Kier molecular flexibility index (Phi) is 6.77. The number of nitrogens with zero attached hydrogens (tertiary/aromatic N) is 1. The van der Waals surface area contributed by atoms with Crippen molar-refractivity contribution in [1.82, 2.24) is 0 Å². The van der Waals surface area contributed by atoms with E-state index in [2.05, 4.69) is 5.32 Å². The van der Waals surface area contributed by atoms with Gasteiger partial charge in [0.15, 0.2) is 6.04 Å². The van der Waals surface area contributed by atoms with Gasteiger partial charge in [-0.3, -0.25) is 14.9 Å². The lowest BCUT2D eigenvalue weighted by atomic mass is 9.98. The SMILES string of the molecule is COc1cc([N+](=O)[O-])ccc1NC(=O)[C@H](C)[NH2+]C(c1ccccc1)c1ccccc1. The Hall–Kier alpha value is -3.71. The number of hydrogen-bond acceptors (Lipinski definition) is 4. The van der Waals surface area contributed by atoms with Gasteiger partial charge in [0.05, 0.1) is 23.8 Å². The summed E-state index contributed by atoms with van der Waals surface area (Å²) in [6.45, 7) is 1.83. The smallest absolute Gasteiger partial charge is 0.282 e. The summed E-state index contributed by atoms with van der Waals surface area (Å²) in [6, 6.07) is 23.6. The van der Waals surface area contributed by atoms with Crippen molar-refractivity contribution in [3.05, 3.63) is 100 Å². The third-order valence-electron chi connectivity index (χ3n) is 4.87. The lowest BCUT2D eigenvalue weighted by molar-refractivity contribution is -0.704. The van der Waals surface area contributed by atoms with Crippen molar-refractivity contribution < 1.29 is 19.8 Å². The summed E-state index contributed by atoms with van der Waals surface area (Å²) in [5, 5.41) is 15.8. The van der Waals surface area contributed by atoms with E-state index in [-0.39, 0.29) is 23.4 Å². The standard InChI is InChI=1S/C23H23N3O4/c1-16(23(27)25-20-14-13-19(26(28)29)15-21(20)30-2)24-22(17-9-5-3-6-10-17)18-11-7-4-8-12-18/h3-16,22,24H,1-2H3,(H,25,27)/p+1/t16-/m0/s1. The number of hydrogen-bond donors (Lipinski definition) is 2. The molecule has 0 aliphatic rings. The second-order valence-electron chi connectivity index (χ2n) is 6.91. The summed E-state index contributed by atoms with van der Waals surface area (Å²) in [6.07, 6.45) is 0.